The van der Waals surface area contributed by atoms with Crippen LogP contribution in [0.1, 0.15) is 12.8 Å². The van der Waals surface area contributed by atoms with Crippen LogP contribution in [0.25, 0.3) is 22.0 Å². The summed E-state index contributed by atoms with van der Waals surface area (Å²) in [6.07, 6.45) is 5.71. The van der Waals surface area contributed by atoms with E-state index >= 15 is 0 Å². The molecule has 2 aromatic carbocycles. The molecule has 122 valence electrons. The molecule has 1 saturated heterocycles. The molecule has 1 aliphatic rings. The molecular formula is C19H19ClN4. The summed E-state index contributed by atoms with van der Waals surface area (Å²) >= 11 is 6.30. The highest BCUT2D eigenvalue weighted by Gasteiger charge is 2.17. The van der Waals surface area contributed by atoms with Crippen LogP contribution in [0.15, 0.2) is 48.8 Å². The smallest absolute Gasteiger partial charge is 0.147 e. The summed E-state index contributed by atoms with van der Waals surface area (Å²) in [7, 11) is 0. The first-order chi connectivity index (χ1) is 11.7. The van der Waals surface area contributed by atoms with Gasteiger partial charge in [-0.1, -0.05) is 41.9 Å². The second-order valence-electron chi connectivity index (χ2n) is 6.22. The maximum Gasteiger partial charge on any atom is 0.147 e. The maximum absolute atomic E-state index is 6.30. The van der Waals surface area contributed by atoms with Crippen LogP contribution in [-0.4, -0.2) is 29.1 Å². The molecule has 0 aliphatic carbocycles. The van der Waals surface area contributed by atoms with E-state index in [1.807, 2.05) is 42.7 Å². The second kappa shape index (κ2) is 6.38. The summed E-state index contributed by atoms with van der Waals surface area (Å²) in [5.41, 5.74) is 7.88. The Bertz CT molecular complexity index is 855. The Morgan fingerprint density at radius 1 is 0.958 bits per heavy atom. The van der Waals surface area contributed by atoms with Gasteiger partial charge in [-0.25, -0.2) is 4.98 Å². The SMILES string of the molecule is NC1CCN(c2cnc(-c3ccc(Cl)c4ccccc34)cn2)CC1. The van der Waals surface area contributed by atoms with Crippen molar-refractivity contribution in [2.75, 3.05) is 18.0 Å². The molecule has 2 N–H and O–H groups in total. The van der Waals surface area contributed by atoms with Gasteiger partial charge in [0, 0.05) is 35.1 Å². The first kappa shape index (κ1) is 15.4. The summed E-state index contributed by atoms with van der Waals surface area (Å²) in [6.45, 7) is 1.89. The summed E-state index contributed by atoms with van der Waals surface area (Å²) in [5.74, 6) is 0.920. The Labute approximate surface area is 146 Å². The predicted molar refractivity (Wildman–Crippen MR) is 99.4 cm³/mol. The second-order valence-corrected chi connectivity index (χ2v) is 6.63. The lowest BCUT2D eigenvalue weighted by Crippen LogP contribution is -2.40. The summed E-state index contributed by atoms with van der Waals surface area (Å²) in [6, 6.07) is 12.3. The Hall–Kier alpha value is -2.17. The van der Waals surface area contributed by atoms with Crippen molar-refractivity contribution in [3.05, 3.63) is 53.8 Å². The number of nitrogens with zero attached hydrogens (tertiary/aromatic N) is 3. The van der Waals surface area contributed by atoms with E-state index in [2.05, 4.69) is 20.9 Å². The molecule has 1 fully saturated rings. The molecule has 4 rings (SSSR count). The fourth-order valence-corrected chi connectivity index (χ4v) is 3.47. The summed E-state index contributed by atoms with van der Waals surface area (Å²) in [4.78, 5) is 11.5. The molecule has 0 atom stereocenters. The molecule has 4 nitrogen and oxygen atoms in total. The van der Waals surface area contributed by atoms with Crippen molar-refractivity contribution in [2.24, 2.45) is 5.73 Å². The van der Waals surface area contributed by atoms with Crippen molar-refractivity contribution in [2.45, 2.75) is 18.9 Å². The summed E-state index contributed by atoms with van der Waals surface area (Å²) < 4.78 is 0. The van der Waals surface area contributed by atoms with E-state index in [1.165, 1.54) is 0 Å². The Morgan fingerprint density at radius 3 is 2.42 bits per heavy atom. The largest absolute Gasteiger partial charge is 0.355 e. The van der Waals surface area contributed by atoms with E-state index in [9.17, 15) is 0 Å². The van der Waals surface area contributed by atoms with Gasteiger partial charge < -0.3 is 10.6 Å². The number of piperidine rings is 1. The Morgan fingerprint density at radius 2 is 1.71 bits per heavy atom. The van der Waals surface area contributed by atoms with Gasteiger partial charge in [-0.05, 0) is 24.3 Å². The lowest BCUT2D eigenvalue weighted by molar-refractivity contribution is 0.498. The standard InChI is InChI=1S/C19H19ClN4/c20-17-6-5-16(14-3-1-2-4-15(14)17)18-11-23-19(12-22-18)24-9-7-13(21)8-10-24/h1-6,11-13H,7-10,21H2. The monoisotopic (exact) mass is 338 g/mol. The fraction of sp³-hybridized carbons (Fsp3) is 0.263. The minimum atomic E-state index is 0.314. The number of aromatic nitrogens is 2. The quantitative estimate of drug-likeness (QED) is 0.770. The molecule has 0 amide bonds. The molecule has 1 aromatic heterocycles. The molecule has 3 aromatic rings. The van der Waals surface area contributed by atoms with Crippen molar-refractivity contribution < 1.29 is 0 Å². The topological polar surface area (TPSA) is 55.0 Å². The van der Waals surface area contributed by atoms with Gasteiger partial charge in [0.25, 0.3) is 0 Å². The molecule has 5 heteroatoms. The minimum Gasteiger partial charge on any atom is -0.355 e. The molecule has 0 bridgehead atoms. The number of hydrogen-bond acceptors (Lipinski definition) is 4. The zero-order valence-corrected chi connectivity index (χ0v) is 14.1. The molecule has 0 unspecified atom stereocenters. The highest BCUT2D eigenvalue weighted by atomic mass is 35.5. The van der Waals surface area contributed by atoms with Crippen LogP contribution in [0.4, 0.5) is 5.82 Å². The highest BCUT2D eigenvalue weighted by molar-refractivity contribution is 6.36. The third kappa shape index (κ3) is 2.83. The third-order valence-electron chi connectivity index (χ3n) is 4.65. The minimum absolute atomic E-state index is 0.314. The molecule has 1 aliphatic heterocycles. The van der Waals surface area contributed by atoms with E-state index in [0.29, 0.717) is 6.04 Å². The van der Waals surface area contributed by atoms with Crippen LogP contribution in [0, 0.1) is 0 Å². The van der Waals surface area contributed by atoms with Gasteiger partial charge in [0.1, 0.15) is 5.82 Å². The number of hydrogen-bond donors (Lipinski definition) is 1. The molecule has 24 heavy (non-hydrogen) atoms. The average Bonchev–Trinajstić information content (AvgIpc) is 2.63. The van der Waals surface area contributed by atoms with Crippen LogP contribution in [0.5, 0.6) is 0 Å². The first-order valence-electron chi connectivity index (χ1n) is 8.22. The molecular weight excluding hydrogens is 320 g/mol. The van der Waals surface area contributed by atoms with Gasteiger partial charge in [-0.2, -0.15) is 0 Å². The van der Waals surface area contributed by atoms with Gasteiger partial charge in [-0.3, -0.25) is 4.98 Å². The lowest BCUT2D eigenvalue weighted by atomic mass is 10.0. The highest BCUT2D eigenvalue weighted by Crippen LogP contribution is 2.32. The van der Waals surface area contributed by atoms with Gasteiger partial charge in [0.15, 0.2) is 0 Å². The van der Waals surface area contributed by atoms with Crippen LogP contribution in [-0.2, 0) is 0 Å². The molecule has 2 heterocycles. The number of halogens is 1. The zero-order chi connectivity index (χ0) is 16.5. The van der Waals surface area contributed by atoms with Crippen LogP contribution in [0.2, 0.25) is 5.02 Å². The van der Waals surface area contributed by atoms with E-state index in [1.54, 1.807) is 0 Å². The number of benzene rings is 2. The van der Waals surface area contributed by atoms with Crippen LogP contribution >= 0.6 is 11.6 Å². The van der Waals surface area contributed by atoms with Gasteiger partial charge in [0.05, 0.1) is 18.1 Å². The van der Waals surface area contributed by atoms with E-state index in [-0.39, 0.29) is 0 Å². The summed E-state index contributed by atoms with van der Waals surface area (Å²) in [5, 5.41) is 2.88. The van der Waals surface area contributed by atoms with Crippen molar-refractivity contribution in [3.8, 4) is 11.3 Å². The lowest BCUT2D eigenvalue weighted by Gasteiger charge is -2.30. The maximum atomic E-state index is 6.30. The zero-order valence-electron chi connectivity index (χ0n) is 13.3. The van der Waals surface area contributed by atoms with E-state index in [0.717, 1.165) is 58.8 Å². The third-order valence-corrected chi connectivity index (χ3v) is 4.98. The van der Waals surface area contributed by atoms with Crippen molar-refractivity contribution >= 4 is 28.2 Å². The Balaban J connectivity index is 1.67. The van der Waals surface area contributed by atoms with Crippen LogP contribution in [0.3, 0.4) is 0 Å². The fourth-order valence-electron chi connectivity index (χ4n) is 3.24. The first-order valence-corrected chi connectivity index (χ1v) is 8.60. The molecule has 0 radical (unpaired) electrons. The van der Waals surface area contributed by atoms with E-state index < -0.39 is 0 Å². The van der Waals surface area contributed by atoms with Crippen molar-refractivity contribution in [3.63, 3.8) is 0 Å². The van der Waals surface area contributed by atoms with Gasteiger partial charge >= 0.3 is 0 Å². The molecule has 0 saturated carbocycles. The number of fused-ring (bicyclic) bond motifs is 1. The average molecular weight is 339 g/mol. The molecule has 0 spiro atoms. The number of nitrogens with two attached hydrogens (primary N) is 1. The van der Waals surface area contributed by atoms with E-state index in [4.69, 9.17) is 17.3 Å². The van der Waals surface area contributed by atoms with Gasteiger partial charge in [-0.15, -0.1) is 0 Å². The number of anilines is 1. The Kier molecular flexibility index (Phi) is 4.08. The van der Waals surface area contributed by atoms with Crippen LogP contribution < -0.4 is 10.6 Å². The van der Waals surface area contributed by atoms with Crippen molar-refractivity contribution in [1.29, 1.82) is 0 Å². The predicted octanol–water partition coefficient (Wildman–Crippen LogP) is 3.88. The van der Waals surface area contributed by atoms with Crippen molar-refractivity contribution in [1.82, 2.24) is 9.97 Å². The normalized spacial score (nSPS) is 15.8. The van der Waals surface area contributed by atoms with Gasteiger partial charge in [0.2, 0.25) is 0 Å². The number of rotatable bonds is 2.